The van der Waals surface area contributed by atoms with Crippen molar-refractivity contribution in [3.05, 3.63) is 0 Å². The van der Waals surface area contributed by atoms with Gasteiger partial charge in [0.2, 0.25) is 5.91 Å². The van der Waals surface area contributed by atoms with E-state index in [1.165, 1.54) is 0 Å². The van der Waals surface area contributed by atoms with Crippen LogP contribution in [0.15, 0.2) is 0 Å². The van der Waals surface area contributed by atoms with Gasteiger partial charge in [0.05, 0.1) is 12.1 Å². The van der Waals surface area contributed by atoms with Crippen molar-refractivity contribution < 1.29 is 9.53 Å². The molecule has 0 aromatic heterocycles. The monoisotopic (exact) mass is 242 g/mol. The average molecular weight is 242 g/mol. The highest BCUT2D eigenvalue weighted by atomic mass is 16.5. The van der Waals surface area contributed by atoms with E-state index in [1.807, 2.05) is 11.8 Å². The van der Waals surface area contributed by atoms with Crippen molar-refractivity contribution in [1.82, 2.24) is 4.90 Å². The number of nitrogens with zero attached hydrogens (tertiary/aromatic N) is 1. The summed E-state index contributed by atoms with van der Waals surface area (Å²) in [5.41, 5.74) is 5.92. The minimum atomic E-state index is -0.337. The van der Waals surface area contributed by atoms with E-state index >= 15 is 0 Å². The topological polar surface area (TPSA) is 55.6 Å². The summed E-state index contributed by atoms with van der Waals surface area (Å²) in [6.07, 6.45) is 5.28. The van der Waals surface area contributed by atoms with E-state index in [-0.39, 0.29) is 18.1 Å². The van der Waals surface area contributed by atoms with Gasteiger partial charge < -0.3 is 15.4 Å². The van der Waals surface area contributed by atoms with Gasteiger partial charge in [-0.1, -0.05) is 19.8 Å². The average Bonchev–Trinajstić information content (AvgIpc) is 2.84. The zero-order valence-electron chi connectivity index (χ0n) is 11.2. The SMILES string of the molecule is CCCCC(N)C(=O)N(CC)CC1CCCO1. The van der Waals surface area contributed by atoms with E-state index in [2.05, 4.69) is 6.92 Å². The number of hydrogen-bond donors (Lipinski definition) is 1. The Morgan fingerprint density at radius 3 is 2.82 bits per heavy atom. The lowest BCUT2D eigenvalue weighted by Crippen LogP contribution is -2.46. The molecule has 0 bridgehead atoms. The molecule has 2 N–H and O–H groups in total. The third-order valence-corrected chi connectivity index (χ3v) is 3.33. The number of unbranched alkanes of at least 4 members (excludes halogenated alkanes) is 1. The Morgan fingerprint density at radius 2 is 2.29 bits per heavy atom. The predicted octanol–water partition coefficient (Wildman–Crippen LogP) is 1.53. The Kier molecular flexibility index (Phi) is 6.52. The third-order valence-electron chi connectivity index (χ3n) is 3.33. The van der Waals surface area contributed by atoms with Gasteiger partial charge in [-0.3, -0.25) is 4.79 Å². The summed E-state index contributed by atoms with van der Waals surface area (Å²) < 4.78 is 5.56. The Balaban J connectivity index is 2.39. The van der Waals surface area contributed by atoms with Crippen molar-refractivity contribution in [3.63, 3.8) is 0 Å². The zero-order valence-corrected chi connectivity index (χ0v) is 11.2. The molecule has 1 heterocycles. The molecule has 2 atom stereocenters. The van der Waals surface area contributed by atoms with Crippen LogP contribution in [0.4, 0.5) is 0 Å². The van der Waals surface area contributed by atoms with Gasteiger partial charge in [0.15, 0.2) is 0 Å². The number of ether oxygens (including phenoxy) is 1. The summed E-state index contributed by atoms with van der Waals surface area (Å²) in [7, 11) is 0. The molecular weight excluding hydrogens is 216 g/mol. The molecule has 1 saturated heterocycles. The maximum atomic E-state index is 12.1. The number of carbonyl (C=O) groups is 1. The highest BCUT2D eigenvalue weighted by molar-refractivity contribution is 5.81. The number of amides is 1. The summed E-state index contributed by atoms with van der Waals surface area (Å²) in [6, 6.07) is -0.337. The number of nitrogens with two attached hydrogens (primary N) is 1. The van der Waals surface area contributed by atoms with Crippen LogP contribution in [0.1, 0.15) is 46.0 Å². The van der Waals surface area contributed by atoms with E-state index in [0.717, 1.165) is 45.3 Å². The van der Waals surface area contributed by atoms with Crippen molar-refractivity contribution in [1.29, 1.82) is 0 Å². The van der Waals surface area contributed by atoms with Crippen LogP contribution in [-0.4, -0.2) is 42.6 Å². The van der Waals surface area contributed by atoms with Gasteiger partial charge in [0.1, 0.15) is 0 Å². The molecule has 1 rings (SSSR count). The molecule has 2 unspecified atom stereocenters. The molecule has 0 spiro atoms. The largest absolute Gasteiger partial charge is 0.376 e. The molecule has 1 aliphatic rings. The fourth-order valence-electron chi connectivity index (χ4n) is 2.19. The molecular formula is C13H26N2O2. The normalized spacial score (nSPS) is 21.5. The van der Waals surface area contributed by atoms with Gasteiger partial charge in [0.25, 0.3) is 0 Å². The second-order valence-corrected chi connectivity index (χ2v) is 4.76. The van der Waals surface area contributed by atoms with Gasteiger partial charge in [-0.25, -0.2) is 0 Å². The quantitative estimate of drug-likeness (QED) is 0.736. The van der Waals surface area contributed by atoms with E-state index in [9.17, 15) is 4.79 Å². The van der Waals surface area contributed by atoms with E-state index in [0.29, 0.717) is 6.54 Å². The van der Waals surface area contributed by atoms with Crippen molar-refractivity contribution in [2.24, 2.45) is 5.73 Å². The van der Waals surface area contributed by atoms with Crippen LogP contribution in [0.5, 0.6) is 0 Å². The number of hydrogen-bond acceptors (Lipinski definition) is 3. The van der Waals surface area contributed by atoms with Crippen LogP contribution in [-0.2, 0) is 9.53 Å². The molecule has 0 aromatic rings. The lowest BCUT2D eigenvalue weighted by molar-refractivity contribution is -0.134. The molecule has 0 aromatic carbocycles. The summed E-state index contributed by atoms with van der Waals surface area (Å²) >= 11 is 0. The third kappa shape index (κ3) is 4.64. The molecule has 4 nitrogen and oxygen atoms in total. The van der Waals surface area contributed by atoms with E-state index < -0.39 is 0 Å². The minimum Gasteiger partial charge on any atom is -0.376 e. The van der Waals surface area contributed by atoms with Crippen LogP contribution in [0, 0.1) is 0 Å². The summed E-state index contributed by atoms with van der Waals surface area (Å²) in [5, 5.41) is 0. The second-order valence-electron chi connectivity index (χ2n) is 4.76. The lowest BCUT2D eigenvalue weighted by Gasteiger charge is -2.26. The molecule has 100 valence electrons. The van der Waals surface area contributed by atoms with Gasteiger partial charge in [-0.05, 0) is 26.2 Å². The second kappa shape index (κ2) is 7.67. The molecule has 1 fully saturated rings. The van der Waals surface area contributed by atoms with Crippen LogP contribution >= 0.6 is 0 Å². The Bertz CT molecular complexity index is 227. The number of rotatable bonds is 7. The first-order valence-electron chi connectivity index (χ1n) is 6.85. The van der Waals surface area contributed by atoms with Crippen LogP contribution in [0.25, 0.3) is 0 Å². The van der Waals surface area contributed by atoms with E-state index in [1.54, 1.807) is 0 Å². The first-order chi connectivity index (χ1) is 8.19. The molecule has 0 aliphatic carbocycles. The van der Waals surface area contributed by atoms with Gasteiger partial charge in [0, 0.05) is 19.7 Å². The Morgan fingerprint density at radius 1 is 1.53 bits per heavy atom. The molecule has 0 radical (unpaired) electrons. The molecule has 1 amide bonds. The highest BCUT2D eigenvalue weighted by Crippen LogP contribution is 2.14. The lowest BCUT2D eigenvalue weighted by atomic mass is 10.1. The van der Waals surface area contributed by atoms with Crippen LogP contribution in [0.2, 0.25) is 0 Å². The van der Waals surface area contributed by atoms with Gasteiger partial charge in [-0.2, -0.15) is 0 Å². The number of likely N-dealkylation sites (N-methyl/N-ethyl adjacent to an activating group) is 1. The summed E-state index contributed by atoms with van der Waals surface area (Å²) in [4.78, 5) is 14.0. The van der Waals surface area contributed by atoms with Crippen molar-refractivity contribution >= 4 is 5.91 Å². The maximum absolute atomic E-state index is 12.1. The zero-order chi connectivity index (χ0) is 12.7. The van der Waals surface area contributed by atoms with Crippen LogP contribution < -0.4 is 5.73 Å². The fraction of sp³-hybridized carbons (Fsp3) is 0.923. The predicted molar refractivity (Wildman–Crippen MR) is 68.7 cm³/mol. The standard InChI is InChI=1S/C13H26N2O2/c1-3-5-8-12(14)13(16)15(4-2)10-11-7-6-9-17-11/h11-12H,3-10,14H2,1-2H3. The molecule has 0 saturated carbocycles. The Labute approximate surface area is 104 Å². The first kappa shape index (κ1) is 14.5. The Hall–Kier alpha value is -0.610. The van der Waals surface area contributed by atoms with Gasteiger partial charge in [-0.15, -0.1) is 0 Å². The van der Waals surface area contributed by atoms with Crippen molar-refractivity contribution in [3.8, 4) is 0 Å². The molecule has 1 aliphatic heterocycles. The van der Waals surface area contributed by atoms with Crippen LogP contribution in [0.3, 0.4) is 0 Å². The first-order valence-corrected chi connectivity index (χ1v) is 6.85. The smallest absolute Gasteiger partial charge is 0.239 e. The molecule has 4 heteroatoms. The molecule has 17 heavy (non-hydrogen) atoms. The summed E-state index contributed by atoms with van der Waals surface area (Å²) in [5.74, 6) is 0.0800. The van der Waals surface area contributed by atoms with Crippen molar-refractivity contribution in [2.75, 3.05) is 19.7 Å². The van der Waals surface area contributed by atoms with E-state index in [4.69, 9.17) is 10.5 Å². The number of carbonyl (C=O) groups excluding carboxylic acids is 1. The fourth-order valence-corrected chi connectivity index (χ4v) is 2.19. The minimum absolute atomic E-state index is 0.0800. The maximum Gasteiger partial charge on any atom is 0.239 e. The van der Waals surface area contributed by atoms with Gasteiger partial charge >= 0.3 is 0 Å². The highest BCUT2D eigenvalue weighted by Gasteiger charge is 2.24. The van der Waals surface area contributed by atoms with Crippen molar-refractivity contribution in [2.45, 2.75) is 58.1 Å². The summed E-state index contributed by atoms with van der Waals surface area (Å²) in [6.45, 7) is 6.37.